The van der Waals surface area contributed by atoms with E-state index >= 15 is 0 Å². The van der Waals surface area contributed by atoms with Crippen LogP contribution in [0.3, 0.4) is 0 Å². The number of para-hydroxylation sites is 1. The maximum atomic E-state index is 11.9. The number of nitrogens with two attached hydrogens (primary N) is 1. The van der Waals surface area contributed by atoms with Crippen LogP contribution in [0.15, 0.2) is 23.1 Å². The van der Waals surface area contributed by atoms with Gasteiger partial charge in [0.2, 0.25) is 5.91 Å². The molecule has 1 aliphatic rings. The van der Waals surface area contributed by atoms with E-state index in [1.165, 1.54) is 0 Å². The number of benzene rings is 1. The topological polar surface area (TPSA) is 55.1 Å². The maximum Gasteiger partial charge on any atom is 0.230 e. The summed E-state index contributed by atoms with van der Waals surface area (Å²) in [5.74, 6) is 0.807. The lowest BCUT2D eigenvalue weighted by molar-refractivity contribution is -0.122. The Labute approximate surface area is 93.4 Å². The number of nitrogens with one attached hydrogen (secondary N) is 1. The number of carbonyl (C=O) groups excluding carboxylic acids is 1. The molecule has 3 nitrogen and oxygen atoms in total. The van der Waals surface area contributed by atoms with Crippen LogP contribution >= 0.6 is 11.8 Å². The number of carbonyl (C=O) groups is 1. The molecule has 15 heavy (non-hydrogen) atoms. The fourth-order valence-corrected chi connectivity index (χ4v) is 2.54. The van der Waals surface area contributed by atoms with E-state index in [0.29, 0.717) is 5.69 Å². The number of anilines is 2. The van der Waals surface area contributed by atoms with Crippen LogP contribution in [0.1, 0.15) is 13.8 Å². The van der Waals surface area contributed by atoms with E-state index < -0.39 is 0 Å². The standard InChI is InChI=1S/C11H14N2OS/c1-11(2)6-15-8-5-3-4-7(12)9(8)13-10(11)14/h3-5H,6,12H2,1-2H3,(H,13,14). The zero-order chi connectivity index (χ0) is 11.1. The Morgan fingerprint density at radius 1 is 1.47 bits per heavy atom. The highest BCUT2D eigenvalue weighted by Crippen LogP contribution is 2.39. The third-order valence-electron chi connectivity index (χ3n) is 2.50. The minimum Gasteiger partial charge on any atom is -0.397 e. The average Bonchev–Trinajstić information content (AvgIpc) is 2.28. The summed E-state index contributed by atoms with van der Waals surface area (Å²) in [4.78, 5) is 12.9. The first-order valence-corrected chi connectivity index (χ1v) is 5.82. The molecule has 0 aromatic heterocycles. The molecule has 0 unspecified atom stereocenters. The van der Waals surface area contributed by atoms with Crippen molar-refractivity contribution in [3.63, 3.8) is 0 Å². The Hall–Kier alpha value is -1.16. The Morgan fingerprint density at radius 2 is 2.20 bits per heavy atom. The van der Waals surface area contributed by atoms with Crippen LogP contribution < -0.4 is 11.1 Å². The van der Waals surface area contributed by atoms with E-state index in [4.69, 9.17) is 5.73 Å². The van der Waals surface area contributed by atoms with Gasteiger partial charge in [0.25, 0.3) is 0 Å². The van der Waals surface area contributed by atoms with Crippen LogP contribution in [0.2, 0.25) is 0 Å². The van der Waals surface area contributed by atoms with Crippen LogP contribution in [0.5, 0.6) is 0 Å². The van der Waals surface area contributed by atoms with Crippen LogP contribution in [0.25, 0.3) is 0 Å². The van der Waals surface area contributed by atoms with Gasteiger partial charge in [-0.1, -0.05) is 19.9 Å². The van der Waals surface area contributed by atoms with E-state index in [2.05, 4.69) is 5.32 Å². The maximum absolute atomic E-state index is 11.9. The summed E-state index contributed by atoms with van der Waals surface area (Å²) in [5, 5.41) is 2.90. The monoisotopic (exact) mass is 222 g/mol. The van der Waals surface area contributed by atoms with Crippen LogP contribution in [0.4, 0.5) is 11.4 Å². The second-order valence-electron chi connectivity index (χ2n) is 4.35. The second kappa shape index (κ2) is 3.45. The normalized spacial score (nSPS) is 18.9. The van der Waals surface area contributed by atoms with Crippen molar-refractivity contribution in [3.8, 4) is 0 Å². The van der Waals surface area contributed by atoms with Crippen molar-refractivity contribution in [3.05, 3.63) is 18.2 Å². The number of hydrogen-bond acceptors (Lipinski definition) is 3. The number of fused-ring (bicyclic) bond motifs is 1. The van der Waals surface area contributed by atoms with Gasteiger partial charge in [-0.3, -0.25) is 4.79 Å². The predicted octanol–water partition coefficient (Wildman–Crippen LogP) is 2.34. The van der Waals surface area contributed by atoms with Gasteiger partial charge in [-0.2, -0.15) is 0 Å². The molecule has 1 aliphatic heterocycles. The predicted molar refractivity (Wildman–Crippen MR) is 64.0 cm³/mol. The third kappa shape index (κ3) is 1.81. The zero-order valence-electron chi connectivity index (χ0n) is 8.83. The van der Waals surface area contributed by atoms with Crippen molar-refractivity contribution < 1.29 is 4.79 Å². The largest absolute Gasteiger partial charge is 0.397 e. The van der Waals surface area contributed by atoms with Gasteiger partial charge in [0.15, 0.2) is 0 Å². The van der Waals surface area contributed by atoms with Crippen molar-refractivity contribution in [2.75, 3.05) is 16.8 Å². The van der Waals surface area contributed by atoms with E-state index in [1.807, 2.05) is 26.0 Å². The molecular formula is C11H14N2OS. The van der Waals surface area contributed by atoms with Gasteiger partial charge in [-0.25, -0.2) is 0 Å². The summed E-state index contributed by atoms with van der Waals surface area (Å²) in [6, 6.07) is 5.70. The lowest BCUT2D eigenvalue weighted by Crippen LogP contribution is -2.31. The fourth-order valence-electron chi connectivity index (χ4n) is 1.41. The first-order chi connectivity index (χ1) is 7.00. The molecule has 1 aromatic rings. The van der Waals surface area contributed by atoms with Crippen LogP contribution in [0, 0.1) is 5.41 Å². The minimum absolute atomic E-state index is 0.0339. The molecule has 0 saturated carbocycles. The molecular weight excluding hydrogens is 208 g/mol. The molecule has 0 saturated heterocycles. The SMILES string of the molecule is CC1(C)CSc2cccc(N)c2NC1=O. The first kappa shape index (κ1) is 10.4. The second-order valence-corrected chi connectivity index (χ2v) is 5.36. The number of thioether (sulfide) groups is 1. The lowest BCUT2D eigenvalue weighted by Gasteiger charge is -2.19. The molecule has 80 valence electrons. The highest BCUT2D eigenvalue weighted by Gasteiger charge is 2.31. The summed E-state index contributed by atoms with van der Waals surface area (Å²) in [7, 11) is 0. The van der Waals surface area contributed by atoms with Gasteiger partial charge >= 0.3 is 0 Å². The van der Waals surface area contributed by atoms with E-state index in [-0.39, 0.29) is 11.3 Å². The molecule has 0 radical (unpaired) electrons. The zero-order valence-corrected chi connectivity index (χ0v) is 9.65. The molecule has 2 rings (SSSR count). The lowest BCUT2D eigenvalue weighted by atomic mass is 9.95. The highest BCUT2D eigenvalue weighted by atomic mass is 32.2. The summed E-state index contributed by atoms with van der Waals surface area (Å²) in [5.41, 5.74) is 6.88. The van der Waals surface area contributed by atoms with E-state index in [9.17, 15) is 4.79 Å². The number of nitrogen functional groups attached to an aromatic ring is 1. The Balaban J connectivity index is 2.45. The molecule has 0 bridgehead atoms. The molecule has 0 aliphatic carbocycles. The number of rotatable bonds is 0. The summed E-state index contributed by atoms with van der Waals surface area (Å²) >= 11 is 1.67. The molecule has 1 heterocycles. The third-order valence-corrected chi connectivity index (χ3v) is 4.02. The van der Waals surface area contributed by atoms with Gasteiger partial charge in [0.1, 0.15) is 0 Å². The Bertz CT molecular complexity index is 415. The van der Waals surface area contributed by atoms with E-state index in [1.54, 1.807) is 17.8 Å². The Morgan fingerprint density at radius 3 is 2.93 bits per heavy atom. The van der Waals surface area contributed by atoms with Gasteiger partial charge in [0, 0.05) is 10.6 Å². The van der Waals surface area contributed by atoms with Gasteiger partial charge < -0.3 is 11.1 Å². The van der Waals surface area contributed by atoms with Crippen LogP contribution in [-0.2, 0) is 4.79 Å². The molecule has 0 fully saturated rings. The van der Waals surface area contributed by atoms with Gasteiger partial charge in [-0.05, 0) is 12.1 Å². The van der Waals surface area contributed by atoms with Gasteiger partial charge in [-0.15, -0.1) is 11.8 Å². The molecule has 0 spiro atoms. The van der Waals surface area contributed by atoms with Crippen LogP contribution in [-0.4, -0.2) is 11.7 Å². The average molecular weight is 222 g/mol. The summed E-state index contributed by atoms with van der Waals surface area (Å²) < 4.78 is 0. The molecule has 4 heteroatoms. The van der Waals surface area contributed by atoms with E-state index in [0.717, 1.165) is 16.3 Å². The minimum atomic E-state index is -0.351. The van der Waals surface area contributed by atoms with Crippen molar-refractivity contribution in [1.29, 1.82) is 0 Å². The van der Waals surface area contributed by atoms with Crippen molar-refractivity contribution in [1.82, 2.24) is 0 Å². The molecule has 1 amide bonds. The molecule has 1 aromatic carbocycles. The quantitative estimate of drug-likeness (QED) is 0.662. The Kier molecular flexibility index (Phi) is 2.38. The number of hydrogen-bond donors (Lipinski definition) is 2. The smallest absolute Gasteiger partial charge is 0.230 e. The van der Waals surface area contributed by atoms with Crippen molar-refractivity contribution in [2.45, 2.75) is 18.7 Å². The molecule has 3 N–H and O–H groups in total. The molecule has 0 atom stereocenters. The highest BCUT2D eigenvalue weighted by molar-refractivity contribution is 7.99. The first-order valence-electron chi connectivity index (χ1n) is 4.83. The number of amides is 1. The van der Waals surface area contributed by atoms with Gasteiger partial charge in [0.05, 0.1) is 16.8 Å². The summed E-state index contributed by atoms with van der Waals surface area (Å²) in [6.07, 6.45) is 0. The fraction of sp³-hybridized carbons (Fsp3) is 0.364. The van der Waals surface area contributed by atoms with Crippen molar-refractivity contribution >= 4 is 29.0 Å². The summed E-state index contributed by atoms with van der Waals surface area (Å²) in [6.45, 7) is 3.88. The van der Waals surface area contributed by atoms with Crippen molar-refractivity contribution in [2.24, 2.45) is 5.41 Å².